The number of amides is 1. The van der Waals surface area contributed by atoms with E-state index < -0.39 is 0 Å². The van der Waals surface area contributed by atoms with E-state index in [1.165, 1.54) is 7.11 Å². The van der Waals surface area contributed by atoms with Crippen LogP contribution in [-0.4, -0.2) is 50.8 Å². The van der Waals surface area contributed by atoms with E-state index in [-0.39, 0.29) is 40.8 Å². The van der Waals surface area contributed by atoms with Crippen LogP contribution in [0.4, 0.5) is 5.69 Å². The second kappa shape index (κ2) is 11.2. The Hall–Kier alpha value is -3.73. The first-order valence-corrected chi connectivity index (χ1v) is 13.6. The van der Waals surface area contributed by atoms with Gasteiger partial charge in [-0.1, -0.05) is 27.7 Å². The van der Waals surface area contributed by atoms with Gasteiger partial charge in [0.2, 0.25) is 0 Å². The number of hydrogen-bond acceptors (Lipinski definition) is 7. The number of nitriles is 1. The highest BCUT2D eigenvalue weighted by Gasteiger charge is 2.64. The molecule has 0 radical (unpaired) electrons. The van der Waals surface area contributed by atoms with Crippen LogP contribution >= 0.6 is 0 Å². The van der Waals surface area contributed by atoms with Crippen molar-refractivity contribution in [2.75, 3.05) is 31.7 Å². The van der Waals surface area contributed by atoms with E-state index in [4.69, 9.17) is 14.2 Å². The highest BCUT2D eigenvalue weighted by Crippen LogP contribution is 2.55. The number of carbonyl (C=O) groups excluding carboxylic acids is 2. The summed E-state index contributed by atoms with van der Waals surface area (Å²) < 4.78 is 16.9. The predicted molar refractivity (Wildman–Crippen MR) is 149 cm³/mol. The zero-order valence-corrected chi connectivity index (χ0v) is 23.7. The van der Waals surface area contributed by atoms with Crippen molar-refractivity contribution < 1.29 is 23.8 Å². The Morgan fingerprint density at radius 2 is 1.69 bits per heavy atom. The number of ether oxygens (including phenoxy) is 3. The Kier molecular flexibility index (Phi) is 8.10. The first kappa shape index (κ1) is 28.3. The van der Waals surface area contributed by atoms with Gasteiger partial charge in [-0.05, 0) is 56.2 Å². The molecule has 8 nitrogen and oxygen atoms in total. The molecule has 1 saturated carbocycles. The number of benzene rings is 2. The van der Waals surface area contributed by atoms with Crippen LogP contribution in [-0.2, 0) is 9.53 Å². The van der Waals surface area contributed by atoms with Gasteiger partial charge in [0.05, 0.1) is 25.2 Å². The van der Waals surface area contributed by atoms with Crippen LogP contribution < -0.4 is 19.7 Å². The third kappa shape index (κ3) is 5.54. The molecule has 0 aromatic heterocycles. The molecular formula is C31H39N3O5. The van der Waals surface area contributed by atoms with Gasteiger partial charge in [0.15, 0.2) is 0 Å². The van der Waals surface area contributed by atoms with Crippen LogP contribution in [0.1, 0.15) is 63.4 Å². The summed E-state index contributed by atoms with van der Waals surface area (Å²) in [4.78, 5) is 27.5. The lowest BCUT2D eigenvalue weighted by Gasteiger charge is -2.63. The molecule has 1 heterocycles. The largest absolute Gasteiger partial charge is 0.495 e. The van der Waals surface area contributed by atoms with E-state index in [2.05, 4.69) is 44.0 Å². The lowest BCUT2D eigenvalue weighted by Crippen LogP contribution is -2.74. The summed E-state index contributed by atoms with van der Waals surface area (Å²) in [5, 5.41) is 12.5. The molecule has 0 spiro atoms. The van der Waals surface area contributed by atoms with Gasteiger partial charge in [-0.25, -0.2) is 0 Å². The third-order valence-electron chi connectivity index (χ3n) is 8.27. The number of piperidine rings is 1. The number of nitrogens with one attached hydrogen (secondary N) is 1. The molecule has 2 aromatic rings. The molecule has 39 heavy (non-hydrogen) atoms. The summed E-state index contributed by atoms with van der Waals surface area (Å²) in [7, 11) is 1.53. The van der Waals surface area contributed by atoms with E-state index in [1.54, 1.807) is 18.2 Å². The highest BCUT2D eigenvalue weighted by atomic mass is 16.5. The Balaban J connectivity index is 1.37. The number of methoxy groups -OCH3 is 1. The number of rotatable bonds is 8. The molecule has 2 aliphatic rings. The Bertz CT molecular complexity index is 1220. The van der Waals surface area contributed by atoms with Crippen LogP contribution in [0.2, 0.25) is 0 Å². The monoisotopic (exact) mass is 533 g/mol. The maximum absolute atomic E-state index is 13.2. The van der Waals surface area contributed by atoms with Crippen LogP contribution in [0.15, 0.2) is 42.5 Å². The zero-order chi connectivity index (χ0) is 28.4. The molecule has 8 heteroatoms. The minimum atomic E-state index is -0.330. The summed E-state index contributed by atoms with van der Waals surface area (Å²) in [5.74, 6) is 0.847. The molecule has 0 unspecified atom stereocenters. The lowest BCUT2D eigenvalue weighted by atomic mass is 9.49. The standard InChI is InChI=1S/C31H39N3O5/c1-7-38-27(36)21-14-16-34(17-15-21)23-11-8-20(9-12-23)26(35)33-28-30(2,3)29(31(28,4)5)39-24-13-10-22(19-32)25(18-24)37-6/h8-13,18,21,28-29H,7,14-17H2,1-6H3,(H,33,35). The summed E-state index contributed by atoms with van der Waals surface area (Å²) >= 11 is 0. The van der Waals surface area contributed by atoms with Crippen molar-refractivity contribution in [3.63, 3.8) is 0 Å². The molecule has 4 rings (SSSR count). The summed E-state index contributed by atoms with van der Waals surface area (Å²) in [5.41, 5.74) is 1.44. The van der Waals surface area contributed by atoms with Crippen molar-refractivity contribution in [1.82, 2.24) is 5.32 Å². The molecule has 1 amide bonds. The summed E-state index contributed by atoms with van der Waals surface area (Å²) in [6.07, 6.45) is 1.38. The van der Waals surface area contributed by atoms with Crippen LogP contribution in [0.25, 0.3) is 0 Å². The van der Waals surface area contributed by atoms with Gasteiger partial charge < -0.3 is 24.4 Å². The van der Waals surface area contributed by atoms with Crippen LogP contribution in [0, 0.1) is 28.1 Å². The summed E-state index contributed by atoms with van der Waals surface area (Å²) in [6, 6.07) is 14.9. The topological polar surface area (TPSA) is 101 Å². The molecular weight excluding hydrogens is 494 g/mol. The number of nitrogens with zero attached hydrogens (tertiary/aromatic N) is 2. The van der Waals surface area contributed by atoms with E-state index in [1.807, 2.05) is 31.2 Å². The van der Waals surface area contributed by atoms with Crippen molar-refractivity contribution in [2.24, 2.45) is 16.7 Å². The van der Waals surface area contributed by atoms with E-state index in [0.717, 1.165) is 31.6 Å². The van der Waals surface area contributed by atoms with E-state index in [9.17, 15) is 14.9 Å². The number of anilines is 1. The Morgan fingerprint density at radius 1 is 1.05 bits per heavy atom. The maximum atomic E-state index is 13.2. The van der Waals surface area contributed by atoms with Crippen LogP contribution in [0.5, 0.6) is 11.5 Å². The molecule has 1 N–H and O–H groups in total. The van der Waals surface area contributed by atoms with E-state index in [0.29, 0.717) is 29.2 Å². The Morgan fingerprint density at radius 3 is 2.26 bits per heavy atom. The first-order chi connectivity index (χ1) is 18.5. The fourth-order valence-electron chi connectivity index (χ4n) is 6.44. The van der Waals surface area contributed by atoms with Gasteiger partial charge in [0.1, 0.15) is 23.7 Å². The fourth-order valence-corrected chi connectivity index (χ4v) is 6.44. The zero-order valence-electron chi connectivity index (χ0n) is 23.7. The second-order valence-electron chi connectivity index (χ2n) is 11.6. The molecule has 0 atom stereocenters. The third-order valence-corrected chi connectivity index (χ3v) is 8.27. The molecule has 2 aromatic carbocycles. The first-order valence-electron chi connectivity index (χ1n) is 13.6. The van der Waals surface area contributed by atoms with E-state index >= 15 is 0 Å². The van der Waals surface area contributed by atoms with Gasteiger partial charge in [0.25, 0.3) is 5.91 Å². The fraction of sp³-hybridized carbons (Fsp3) is 0.516. The Labute approximate surface area is 231 Å². The average Bonchev–Trinajstić information content (AvgIpc) is 2.94. The van der Waals surface area contributed by atoms with Gasteiger partial charge in [0, 0.05) is 47.3 Å². The summed E-state index contributed by atoms with van der Waals surface area (Å²) in [6.45, 7) is 12.2. The lowest BCUT2D eigenvalue weighted by molar-refractivity contribution is -0.164. The van der Waals surface area contributed by atoms with Crippen LogP contribution in [0.3, 0.4) is 0 Å². The second-order valence-corrected chi connectivity index (χ2v) is 11.6. The normalized spacial score (nSPS) is 21.7. The smallest absolute Gasteiger partial charge is 0.309 e. The molecule has 1 aliphatic heterocycles. The number of esters is 1. The minimum Gasteiger partial charge on any atom is -0.495 e. The van der Waals surface area contributed by atoms with Gasteiger partial charge in [-0.15, -0.1) is 0 Å². The van der Waals surface area contributed by atoms with Gasteiger partial charge in [-0.3, -0.25) is 9.59 Å². The number of carbonyl (C=O) groups is 2. The molecule has 208 valence electrons. The quantitative estimate of drug-likeness (QED) is 0.479. The minimum absolute atomic E-state index is 0.0350. The highest BCUT2D eigenvalue weighted by molar-refractivity contribution is 5.95. The SMILES string of the molecule is CCOC(=O)C1CCN(c2ccc(C(=O)NC3C(C)(C)C(Oc4ccc(C#N)c(OC)c4)C3(C)C)cc2)CC1. The van der Waals surface area contributed by atoms with Gasteiger partial charge >= 0.3 is 5.97 Å². The average molecular weight is 534 g/mol. The van der Waals surface area contributed by atoms with Gasteiger partial charge in [-0.2, -0.15) is 5.26 Å². The molecule has 0 bridgehead atoms. The maximum Gasteiger partial charge on any atom is 0.309 e. The molecule has 2 fully saturated rings. The van der Waals surface area contributed by atoms with Crippen molar-refractivity contribution in [3.8, 4) is 17.6 Å². The number of hydrogen-bond donors (Lipinski definition) is 1. The van der Waals surface area contributed by atoms with Crippen molar-refractivity contribution in [2.45, 2.75) is 59.6 Å². The van der Waals surface area contributed by atoms with Crippen molar-refractivity contribution in [3.05, 3.63) is 53.6 Å². The van der Waals surface area contributed by atoms with Crippen molar-refractivity contribution >= 4 is 17.6 Å². The predicted octanol–water partition coefficient (Wildman–Crippen LogP) is 4.96. The molecule has 1 saturated heterocycles. The molecule has 1 aliphatic carbocycles. The van der Waals surface area contributed by atoms with Crippen molar-refractivity contribution in [1.29, 1.82) is 5.26 Å².